The van der Waals surface area contributed by atoms with Crippen molar-refractivity contribution in [3.63, 3.8) is 0 Å². The van der Waals surface area contributed by atoms with Gasteiger partial charge in [0.25, 0.3) is 0 Å². The normalized spacial score (nSPS) is 10.9. The third-order valence-electron chi connectivity index (χ3n) is 1.59. The van der Waals surface area contributed by atoms with E-state index in [2.05, 4.69) is 0 Å². The lowest BCUT2D eigenvalue weighted by atomic mass is 10.2. The molecule has 0 atom stereocenters. The van der Waals surface area contributed by atoms with Gasteiger partial charge in [0.1, 0.15) is 5.82 Å². The van der Waals surface area contributed by atoms with Gasteiger partial charge in [-0.15, -0.1) is 12.4 Å². The highest BCUT2D eigenvalue weighted by atomic mass is 35.5. The van der Waals surface area contributed by atoms with Crippen LogP contribution in [0.15, 0.2) is 18.2 Å². The lowest BCUT2D eigenvalue weighted by Crippen LogP contribution is -2.08. The highest BCUT2D eigenvalue weighted by molar-refractivity contribution is 7.60. The fourth-order valence-corrected chi connectivity index (χ4v) is 1.43. The first-order valence-corrected chi connectivity index (χ1v) is 5.11. The number of hydrogen-bond acceptors (Lipinski definition) is 2. The van der Waals surface area contributed by atoms with Crippen molar-refractivity contribution >= 4 is 25.3 Å². The van der Waals surface area contributed by atoms with E-state index in [0.29, 0.717) is 0 Å². The van der Waals surface area contributed by atoms with Crippen molar-refractivity contribution in [3.8, 4) is 0 Å². The van der Waals surface area contributed by atoms with Gasteiger partial charge in [0.15, 0.2) is 0 Å². The Kier molecular flexibility index (Phi) is 4.71. The van der Waals surface area contributed by atoms with Crippen LogP contribution in [0, 0.1) is 5.82 Å². The van der Waals surface area contributed by atoms with Crippen LogP contribution in [0.5, 0.6) is 0 Å². The lowest BCUT2D eigenvalue weighted by molar-refractivity contribution is 0.387. The Balaban J connectivity index is 0.00000169. The molecule has 0 unspecified atom stereocenters. The van der Waals surface area contributed by atoms with E-state index in [0.717, 1.165) is 6.07 Å². The molecule has 0 radical (unpaired) electrons. The maximum absolute atomic E-state index is 13.0. The summed E-state index contributed by atoms with van der Waals surface area (Å²) in [6.45, 7) is 0.00721. The summed E-state index contributed by atoms with van der Waals surface area (Å²) >= 11 is 0. The molecule has 0 aromatic heterocycles. The zero-order valence-corrected chi connectivity index (χ0v) is 8.76. The van der Waals surface area contributed by atoms with E-state index in [9.17, 15) is 8.96 Å². The van der Waals surface area contributed by atoms with E-state index >= 15 is 0 Å². The largest absolute Gasteiger partial charge is 0.356 e. The Morgan fingerprint density at radius 1 is 1.43 bits per heavy atom. The van der Waals surface area contributed by atoms with Gasteiger partial charge < -0.3 is 15.5 Å². The smallest absolute Gasteiger partial charge is 0.326 e. The van der Waals surface area contributed by atoms with Crippen LogP contribution in [0.2, 0.25) is 0 Å². The average molecular weight is 242 g/mol. The Labute approximate surface area is 86.5 Å². The second kappa shape index (κ2) is 4.87. The monoisotopic (exact) mass is 241 g/mol. The van der Waals surface area contributed by atoms with Crippen molar-refractivity contribution in [1.29, 1.82) is 0 Å². The predicted molar refractivity (Wildman–Crippen MR) is 53.2 cm³/mol. The minimum absolute atomic E-state index is 0. The minimum atomic E-state index is -4.36. The summed E-state index contributed by atoms with van der Waals surface area (Å²) in [6, 6.07) is 3.25. The van der Waals surface area contributed by atoms with Gasteiger partial charge in [0, 0.05) is 12.1 Å². The van der Waals surface area contributed by atoms with Crippen LogP contribution in [0.4, 0.5) is 4.39 Å². The predicted octanol–water partition coefficient (Wildman–Crippen LogP) is 0.509. The van der Waals surface area contributed by atoms with Crippen molar-refractivity contribution in [2.75, 3.05) is 0 Å². The molecule has 80 valence electrons. The van der Waals surface area contributed by atoms with Crippen molar-refractivity contribution < 1.29 is 18.7 Å². The molecule has 1 rings (SSSR count). The molecule has 0 amide bonds. The van der Waals surface area contributed by atoms with E-state index < -0.39 is 13.4 Å². The maximum atomic E-state index is 13.0. The minimum Gasteiger partial charge on any atom is -0.326 e. The number of halogens is 2. The molecule has 0 saturated carbocycles. The fourth-order valence-electron chi connectivity index (χ4n) is 0.883. The highest BCUT2D eigenvalue weighted by Crippen LogP contribution is 2.33. The summed E-state index contributed by atoms with van der Waals surface area (Å²) in [5.74, 6) is -0.691. The molecule has 0 aliphatic carbocycles. The highest BCUT2D eigenvalue weighted by Gasteiger charge is 2.18. The molecule has 4 nitrogen and oxygen atoms in total. The van der Waals surface area contributed by atoms with Crippen LogP contribution in [-0.2, 0) is 11.1 Å². The fraction of sp³-hybridized carbons (Fsp3) is 0.143. The molecule has 0 fully saturated rings. The van der Waals surface area contributed by atoms with Gasteiger partial charge in [0.05, 0.1) is 5.30 Å². The topological polar surface area (TPSA) is 83.6 Å². The maximum Gasteiger partial charge on any atom is 0.356 e. The van der Waals surface area contributed by atoms with Gasteiger partial charge in [-0.2, -0.15) is 0 Å². The summed E-state index contributed by atoms with van der Waals surface area (Å²) in [5, 5.41) is -0.331. The zero-order chi connectivity index (χ0) is 10.1. The Morgan fingerprint density at radius 2 is 2.00 bits per heavy atom. The van der Waals surface area contributed by atoms with Crippen molar-refractivity contribution in [2.24, 2.45) is 5.73 Å². The summed E-state index contributed by atoms with van der Waals surface area (Å²) in [4.78, 5) is 17.4. The Morgan fingerprint density at radius 3 is 2.36 bits per heavy atom. The van der Waals surface area contributed by atoms with Crippen LogP contribution in [0.3, 0.4) is 0 Å². The van der Waals surface area contributed by atoms with E-state index in [1.807, 2.05) is 0 Å². The molecule has 0 heterocycles. The van der Waals surface area contributed by atoms with Crippen LogP contribution in [-0.4, -0.2) is 9.79 Å². The standard InChI is InChI=1S/C7H9FNO3P.ClH/c8-7-3-6(13(10,11)12)2-1-5(7)4-9;/h1-3H,4,9H2,(H2,10,11,12);1H. The molecule has 1 aromatic carbocycles. The van der Waals surface area contributed by atoms with Crippen LogP contribution in [0.25, 0.3) is 0 Å². The molecular weight excluding hydrogens is 232 g/mol. The molecular formula is C7H10ClFNO3P. The number of benzene rings is 1. The first-order chi connectivity index (χ1) is 5.95. The van der Waals surface area contributed by atoms with E-state index in [4.69, 9.17) is 15.5 Å². The molecule has 0 aliphatic heterocycles. The van der Waals surface area contributed by atoms with Gasteiger partial charge in [-0.25, -0.2) is 4.39 Å². The van der Waals surface area contributed by atoms with Gasteiger partial charge in [-0.1, -0.05) is 6.07 Å². The van der Waals surface area contributed by atoms with Crippen molar-refractivity contribution in [2.45, 2.75) is 6.54 Å². The SMILES string of the molecule is Cl.NCc1ccc(P(=O)(O)O)cc1F. The van der Waals surface area contributed by atoms with Gasteiger partial charge >= 0.3 is 7.60 Å². The second-order valence-electron chi connectivity index (χ2n) is 2.52. The lowest BCUT2D eigenvalue weighted by Gasteiger charge is -2.05. The van der Waals surface area contributed by atoms with Crippen LogP contribution in [0.1, 0.15) is 5.56 Å². The van der Waals surface area contributed by atoms with E-state index in [1.54, 1.807) is 0 Å². The third kappa shape index (κ3) is 3.04. The van der Waals surface area contributed by atoms with Gasteiger partial charge in [-0.05, 0) is 12.1 Å². The van der Waals surface area contributed by atoms with Crippen molar-refractivity contribution in [1.82, 2.24) is 0 Å². The van der Waals surface area contributed by atoms with Crippen molar-refractivity contribution in [3.05, 3.63) is 29.6 Å². The van der Waals surface area contributed by atoms with E-state index in [-0.39, 0.29) is 29.8 Å². The van der Waals surface area contributed by atoms with Crippen LogP contribution >= 0.6 is 20.0 Å². The number of rotatable bonds is 2. The molecule has 1 aromatic rings. The summed E-state index contributed by atoms with van der Waals surface area (Å²) in [7, 11) is -4.36. The molecule has 14 heavy (non-hydrogen) atoms. The molecule has 4 N–H and O–H groups in total. The molecule has 7 heteroatoms. The number of nitrogens with two attached hydrogens (primary N) is 1. The molecule has 0 saturated heterocycles. The first kappa shape index (κ1) is 13.5. The summed E-state index contributed by atoms with van der Waals surface area (Å²) in [6.07, 6.45) is 0. The van der Waals surface area contributed by atoms with Crippen LogP contribution < -0.4 is 11.0 Å². The molecule has 0 spiro atoms. The first-order valence-electron chi connectivity index (χ1n) is 3.49. The third-order valence-corrected chi connectivity index (χ3v) is 2.54. The summed E-state index contributed by atoms with van der Waals surface area (Å²) in [5.41, 5.74) is 5.41. The van der Waals surface area contributed by atoms with E-state index in [1.165, 1.54) is 12.1 Å². The Hall–Kier alpha value is -0.450. The van der Waals surface area contributed by atoms with Gasteiger partial charge in [-0.3, -0.25) is 4.57 Å². The van der Waals surface area contributed by atoms with Gasteiger partial charge in [0.2, 0.25) is 0 Å². The number of hydrogen-bond donors (Lipinski definition) is 3. The molecule has 0 bridgehead atoms. The zero-order valence-electron chi connectivity index (χ0n) is 7.05. The Bertz CT molecular complexity index is 368. The second-order valence-corrected chi connectivity index (χ2v) is 4.13. The average Bonchev–Trinajstić information content (AvgIpc) is 2.02. The quantitative estimate of drug-likeness (QED) is 0.659. The molecule has 0 aliphatic rings. The summed E-state index contributed by atoms with van der Waals surface area (Å²) < 4.78 is 23.6.